The number of fused-ring (bicyclic) bond motifs is 2. The molecule has 5 aromatic rings. The van der Waals surface area contributed by atoms with Gasteiger partial charge in [0, 0.05) is 87.6 Å². The van der Waals surface area contributed by atoms with Gasteiger partial charge >= 0.3 is 0 Å². The Kier molecular flexibility index (Phi) is 12.6. The summed E-state index contributed by atoms with van der Waals surface area (Å²) < 4.78 is 7.95. The maximum atomic E-state index is 13.6. The molecule has 4 aliphatic rings. The van der Waals surface area contributed by atoms with E-state index in [1.54, 1.807) is 4.90 Å². The van der Waals surface area contributed by atoms with Gasteiger partial charge in [0.05, 0.1) is 11.4 Å². The second-order valence-electron chi connectivity index (χ2n) is 17.0. The lowest BCUT2D eigenvalue weighted by Gasteiger charge is -2.35. The van der Waals surface area contributed by atoms with Crippen molar-refractivity contribution in [2.45, 2.75) is 70.0 Å². The molecule has 16 nitrogen and oxygen atoms in total. The van der Waals surface area contributed by atoms with Crippen LogP contribution in [0.2, 0.25) is 0 Å². The summed E-state index contributed by atoms with van der Waals surface area (Å²) in [5.41, 5.74) is 11.2. The number of nitrogen functional groups attached to an aromatic ring is 1. The first kappa shape index (κ1) is 41.9. The average molecular weight is 854 g/mol. The number of aromatic nitrogens is 4. The molecular formula is C47H55N11O5. The van der Waals surface area contributed by atoms with E-state index in [4.69, 9.17) is 15.6 Å². The third-order valence-electron chi connectivity index (χ3n) is 12.8. The van der Waals surface area contributed by atoms with E-state index in [0.29, 0.717) is 54.0 Å². The zero-order valence-electron chi connectivity index (χ0n) is 35.6. The van der Waals surface area contributed by atoms with Crippen LogP contribution < -0.4 is 21.1 Å². The second kappa shape index (κ2) is 18.9. The lowest BCUT2D eigenvalue weighted by Crippen LogP contribution is -2.52. The van der Waals surface area contributed by atoms with E-state index in [2.05, 4.69) is 30.4 Å². The number of ether oxygens (including phenoxy) is 1. The summed E-state index contributed by atoms with van der Waals surface area (Å²) in [6, 6.07) is 22.5. The van der Waals surface area contributed by atoms with Crippen LogP contribution in [0.3, 0.4) is 0 Å². The average Bonchev–Trinajstić information content (AvgIpc) is 3.86. The molecule has 9 rings (SSSR count). The van der Waals surface area contributed by atoms with Gasteiger partial charge < -0.3 is 35.4 Å². The normalized spacial score (nSPS) is 19.7. The standard InChI is InChI=1S/C47H55N11O5/c48-44-42-43(32-15-17-35(18-16-32)63-34-10-2-1-3-11-34)53-58(45(42)51-31-50-44)33-9-7-24-56(29-33)41(60)14-8-23-55-27-25-54(26-28-55)22-5-4-21-49-38-13-6-12-36-37(38)30-57(47(36)62)39-19-20-40(59)52-46(39)61/h1-3,6,10-13,15-18,31,33,39,49H,4-5,7-9,14,19-30H2,(H2,48,50,51)(H,52,59,61)/t33-,39?/m1/s1. The number of piperazine rings is 1. The van der Waals surface area contributed by atoms with Crippen LogP contribution >= 0.6 is 0 Å². The predicted molar refractivity (Wildman–Crippen MR) is 239 cm³/mol. The Hall–Kier alpha value is -6.39. The molecule has 4 N–H and O–H groups in total. The van der Waals surface area contributed by atoms with E-state index in [1.807, 2.05) is 82.4 Å². The number of likely N-dealkylation sites (tertiary alicyclic amines) is 1. The molecule has 2 aromatic heterocycles. The minimum Gasteiger partial charge on any atom is -0.457 e. The highest BCUT2D eigenvalue weighted by Gasteiger charge is 2.40. The molecule has 4 aliphatic heterocycles. The Bertz CT molecular complexity index is 2450. The number of nitrogens with zero attached hydrogens (tertiary/aromatic N) is 8. The third kappa shape index (κ3) is 9.37. The molecule has 0 spiro atoms. The molecule has 0 saturated carbocycles. The number of anilines is 2. The van der Waals surface area contributed by atoms with Crippen LogP contribution in [0, 0.1) is 0 Å². The lowest BCUT2D eigenvalue weighted by atomic mass is 10.0. The number of hydrogen-bond donors (Lipinski definition) is 3. The van der Waals surface area contributed by atoms with Crippen LogP contribution in [0.4, 0.5) is 11.5 Å². The number of benzene rings is 3. The molecule has 2 atom stereocenters. The first-order chi connectivity index (χ1) is 30.8. The van der Waals surface area contributed by atoms with Crippen LogP contribution in [0.5, 0.6) is 11.5 Å². The van der Waals surface area contributed by atoms with E-state index < -0.39 is 11.9 Å². The fourth-order valence-corrected chi connectivity index (χ4v) is 9.42. The molecule has 3 fully saturated rings. The van der Waals surface area contributed by atoms with Gasteiger partial charge in [-0.25, -0.2) is 14.6 Å². The molecule has 0 bridgehead atoms. The Balaban J connectivity index is 0.700. The Morgan fingerprint density at radius 1 is 0.841 bits per heavy atom. The molecule has 4 amide bonds. The van der Waals surface area contributed by atoms with Gasteiger partial charge in [0.25, 0.3) is 5.91 Å². The van der Waals surface area contributed by atoms with Crippen LogP contribution in [-0.4, -0.2) is 128 Å². The minimum absolute atomic E-state index is 0.0275. The summed E-state index contributed by atoms with van der Waals surface area (Å²) in [6.07, 6.45) is 7.24. The number of para-hydroxylation sites is 1. The van der Waals surface area contributed by atoms with Gasteiger partial charge in [0.15, 0.2) is 5.65 Å². The van der Waals surface area contributed by atoms with Gasteiger partial charge in [-0.1, -0.05) is 24.3 Å². The molecule has 63 heavy (non-hydrogen) atoms. The maximum absolute atomic E-state index is 13.6. The topological polar surface area (TPSA) is 184 Å². The van der Waals surface area contributed by atoms with Gasteiger partial charge in [-0.3, -0.25) is 24.5 Å². The SMILES string of the molecule is Nc1ncnc2c1c(-c1ccc(Oc3ccccc3)cc1)nn2[C@@H]1CCCN(C(=O)CCCN2CCN(CCCCNc3cccc4c3CN(C3CCC(=O)NC3=O)C4=O)CC2)C1. The van der Waals surface area contributed by atoms with E-state index in [9.17, 15) is 19.2 Å². The number of nitrogens with two attached hydrogens (primary N) is 1. The number of piperidine rings is 2. The molecule has 328 valence electrons. The number of rotatable bonds is 15. The van der Waals surface area contributed by atoms with Gasteiger partial charge in [-0.2, -0.15) is 5.10 Å². The predicted octanol–water partition coefficient (Wildman–Crippen LogP) is 5.08. The molecular weight excluding hydrogens is 799 g/mol. The van der Waals surface area contributed by atoms with Crippen molar-refractivity contribution in [3.05, 3.63) is 90.3 Å². The largest absolute Gasteiger partial charge is 0.457 e. The molecule has 0 aliphatic carbocycles. The molecule has 16 heteroatoms. The van der Waals surface area contributed by atoms with Crippen LogP contribution in [0.1, 0.15) is 73.3 Å². The lowest BCUT2D eigenvalue weighted by molar-refractivity contribution is -0.137. The summed E-state index contributed by atoms with van der Waals surface area (Å²) in [4.78, 5) is 68.3. The molecule has 3 aromatic carbocycles. The zero-order chi connectivity index (χ0) is 43.3. The van der Waals surface area contributed by atoms with Crippen LogP contribution in [-0.2, 0) is 20.9 Å². The molecule has 0 radical (unpaired) electrons. The van der Waals surface area contributed by atoms with Crippen molar-refractivity contribution >= 4 is 46.2 Å². The zero-order valence-corrected chi connectivity index (χ0v) is 35.6. The Morgan fingerprint density at radius 2 is 1.60 bits per heavy atom. The van der Waals surface area contributed by atoms with E-state index in [0.717, 1.165) is 113 Å². The van der Waals surface area contributed by atoms with Crippen molar-refractivity contribution in [3.63, 3.8) is 0 Å². The van der Waals surface area contributed by atoms with Crippen molar-refractivity contribution in [2.75, 3.05) is 70.0 Å². The molecule has 3 saturated heterocycles. The first-order valence-electron chi connectivity index (χ1n) is 22.3. The van der Waals surface area contributed by atoms with Crippen molar-refractivity contribution in [2.24, 2.45) is 0 Å². The fourth-order valence-electron chi connectivity index (χ4n) is 9.42. The van der Waals surface area contributed by atoms with Crippen LogP contribution in [0.25, 0.3) is 22.3 Å². The maximum Gasteiger partial charge on any atom is 0.255 e. The number of carbonyl (C=O) groups is 4. The van der Waals surface area contributed by atoms with Crippen molar-refractivity contribution in [3.8, 4) is 22.8 Å². The number of amides is 4. The Labute approximate surface area is 366 Å². The van der Waals surface area contributed by atoms with Crippen molar-refractivity contribution in [1.29, 1.82) is 0 Å². The number of imide groups is 1. The van der Waals surface area contributed by atoms with E-state index >= 15 is 0 Å². The van der Waals surface area contributed by atoms with Gasteiger partial charge in [0.1, 0.15) is 35.4 Å². The minimum atomic E-state index is -0.618. The first-order valence-corrected chi connectivity index (χ1v) is 22.3. The highest BCUT2D eigenvalue weighted by molar-refractivity contribution is 6.06. The van der Waals surface area contributed by atoms with Gasteiger partial charge in [-0.05, 0) is 100 Å². The molecule has 1 unspecified atom stereocenters. The third-order valence-corrected chi connectivity index (χ3v) is 12.8. The van der Waals surface area contributed by atoms with Crippen molar-refractivity contribution < 1.29 is 23.9 Å². The van der Waals surface area contributed by atoms with E-state index in [1.165, 1.54) is 6.33 Å². The summed E-state index contributed by atoms with van der Waals surface area (Å²) in [7, 11) is 0. The number of unbranched alkanes of at least 4 members (excludes halogenated alkanes) is 1. The summed E-state index contributed by atoms with van der Waals surface area (Å²) in [6.45, 7) is 8.42. The van der Waals surface area contributed by atoms with Crippen molar-refractivity contribution in [1.82, 2.24) is 44.7 Å². The summed E-state index contributed by atoms with van der Waals surface area (Å²) in [5, 5.41) is 11.7. The monoisotopic (exact) mass is 853 g/mol. The fraction of sp³-hybridized carbons (Fsp3) is 0.426. The highest BCUT2D eigenvalue weighted by atomic mass is 16.5. The smallest absolute Gasteiger partial charge is 0.255 e. The number of carbonyl (C=O) groups excluding carboxylic acids is 4. The Morgan fingerprint density at radius 3 is 2.38 bits per heavy atom. The summed E-state index contributed by atoms with van der Waals surface area (Å²) >= 11 is 0. The van der Waals surface area contributed by atoms with E-state index in [-0.39, 0.29) is 30.2 Å². The highest BCUT2D eigenvalue weighted by Crippen LogP contribution is 2.36. The van der Waals surface area contributed by atoms with Crippen LogP contribution in [0.15, 0.2) is 79.1 Å². The summed E-state index contributed by atoms with van der Waals surface area (Å²) in [5.74, 6) is 1.21. The second-order valence-corrected chi connectivity index (χ2v) is 17.0. The molecule has 6 heterocycles. The van der Waals surface area contributed by atoms with Gasteiger partial charge in [0.2, 0.25) is 17.7 Å². The number of hydrogen-bond acceptors (Lipinski definition) is 12. The quantitative estimate of drug-likeness (QED) is 0.0939. The number of nitrogens with one attached hydrogen (secondary N) is 2. The van der Waals surface area contributed by atoms with Gasteiger partial charge in [-0.15, -0.1) is 0 Å².